The summed E-state index contributed by atoms with van der Waals surface area (Å²) in [6.07, 6.45) is 0.116. The summed E-state index contributed by atoms with van der Waals surface area (Å²) in [7, 11) is 0. The van der Waals surface area contributed by atoms with Gasteiger partial charge in [-0.2, -0.15) is 0 Å². The largest absolute Gasteiger partial charge is 0.451 e. The zero-order valence-electron chi connectivity index (χ0n) is 10.5. The minimum Gasteiger partial charge on any atom is -0.451 e. The SMILES string of the molecule is Cc1c(C(=O)N2CCC(O)C2)oc2ccc(F)cc12. The molecule has 4 nitrogen and oxygen atoms in total. The maximum atomic E-state index is 13.2. The topological polar surface area (TPSA) is 53.7 Å². The van der Waals surface area contributed by atoms with Crippen molar-refractivity contribution in [2.75, 3.05) is 13.1 Å². The minimum atomic E-state index is -0.467. The second kappa shape index (κ2) is 4.35. The van der Waals surface area contributed by atoms with Gasteiger partial charge in [-0.3, -0.25) is 4.79 Å². The van der Waals surface area contributed by atoms with E-state index in [-0.39, 0.29) is 17.5 Å². The fraction of sp³-hybridized carbons (Fsp3) is 0.357. The third kappa shape index (κ3) is 2.00. The normalized spacial score (nSPS) is 19.3. The first-order valence-electron chi connectivity index (χ1n) is 6.22. The van der Waals surface area contributed by atoms with E-state index in [9.17, 15) is 14.3 Å². The molecule has 1 amide bonds. The Kier molecular flexibility index (Phi) is 2.78. The summed E-state index contributed by atoms with van der Waals surface area (Å²) in [6, 6.07) is 4.19. The van der Waals surface area contributed by atoms with Gasteiger partial charge in [-0.1, -0.05) is 0 Å². The Morgan fingerprint density at radius 2 is 2.32 bits per heavy atom. The Balaban J connectivity index is 2.01. The number of rotatable bonds is 1. The monoisotopic (exact) mass is 263 g/mol. The van der Waals surface area contributed by atoms with Crippen molar-refractivity contribution in [2.24, 2.45) is 0 Å². The third-order valence-corrected chi connectivity index (χ3v) is 3.54. The van der Waals surface area contributed by atoms with Crippen LogP contribution in [-0.2, 0) is 0 Å². The van der Waals surface area contributed by atoms with Crippen LogP contribution in [0.5, 0.6) is 0 Å². The van der Waals surface area contributed by atoms with Crippen LogP contribution < -0.4 is 0 Å². The number of aliphatic hydroxyl groups is 1. The number of benzene rings is 1. The summed E-state index contributed by atoms with van der Waals surface area (Å²) < 4.78 is 18.7. The lowest BCUT2D eigenvalue weighted by Gasteiger charge is -2.13. The number of β-amino-alcohol motifs (C(OH)–C–C–N with tert-alkyl or cyclic N) is 1. The van der Waals surface area contributed by atoms with Crippen molar-refractivity contribution in [2.45, 2.75) is 19.4 Å². The maximum Gasteiger partial charge on any atom is 0.289 e. The van der Waals surface area contributed by atoms with Crippen molar-refractivity contribution in [1.29, 1.82) is 0 Å². The van der Waals surface area contributed by atoms with Crippen LogP contribution in [0, 0.1) is 12.7 Å². The highest BCUT2D eigenvalue weighted by Gasteiger charge is 2.29. The smallest absolute Gasteiger partial charge is 0.289 e. The van der Waals surface area contributed by atoms with Gasteiger partial charge in [-0.25, -0.2) is 4.39 Å². The van der Waals surface area contributed by atoms with Crippen LogP contribution in [0.1, 0.15) is 22.5 Å². The van der Waals surface area contributed by atoms with E-state index in [1.807, 2.05) is 0 Å². The standard InChI is InChI=1S/C14H14FNO3/c1-8-11-6-9(15)2-3-12(11)19-13(8)14(18)16-5-4-10(17)7-16/h2-3,6,10,17H,4-5,7H2,1H3. The van der Waals surface area contributed by atoms with Crippen LogP contribution in [-0.4, -0.2) is 35.1 Å². The molecule has 1 N–H and O–H groups in total. The number of nitrogens with zero attached hydrogens (tertiary/aromatic N) is 1. The average Bonchev–Trinajstić information content (AvgIpc) is 2.94. The number of carbonyl (C=O) groups is 1. The molecule has 2 aromatic rings. The van der Waals surface area contributed by atoms with Crippen molar-refractivity contribution in [3.63, 3.8) is 0 Å². The molecular formula is C14H14FNO3. The first-order chi connectivity index (χ1) is 9.06. The molecule has 0 aliphatic carbocycles. The van der Waals surface area contributed by atoms with Gasteiger partial charge < -0.3 is 14.4 Å². The number of furan rings is 1. The molecule has 1 fully saturated rings. The second-order valence-electron chi connectivity index (χ2n) is 4.89. The molecule has 19 heavy (non-hydrogen) atoms. The Morgan fingerprint density at radius 1 is 1.53 bits per heavy atom. The summed E-state index contributed by atoms with van der Waals surface area (Å²) in [6.45, 7) is 2.58. The maximum absolute atomic E-state index is 13.2. The van der Waals surface area contributed by atoms with Gasteiger partial charge in [0.05, 0.1) is 6.10 Å². The van der Waals surface area contributed by atoms with Gasteiger partial charge in [0.1, 0.15) is 11.4 Å². The van der Waals surface area contributed by atoms with Crippen molar-refractivity contribution < 1.29 is 18.7 Å². The molecule has 0 bridgehead atoms. The molecule has 0 radical (unpaired) electrons. The highest BCUT2D eigenvalue weighted by Crippen LogP contribution is 2.27. The van der Waals surface area contributed by atoms with Crippen LogP contribution in [0.2, 0.25) is 0 Å². The van der Waals surface area contributed by atoms with E-state index in [0.717, 1.165) is 0 Å². The van der Waals surface area contributed by atoms with Gasteiger partial charge in [0, 0.05) is 24.0 Å². The van der Waals surface area contributed by atoms with Crippen molar-refractivity contribution in [3.8, 4) is 0 Å². The van der Waals surface area contributed by atoms with Crippen LogP contribution in [0.15, 0.2) is 22.6 Å². The Hall–Kier alpha value is -1.88. The van der Waals surface area contributed by atoms with E-state index in [2.05, 4.69) is 0 Å². The molecule has 1 aromatic carbocycles. The molecule has 1 aromatic heterocycles. The molecular weight excluding hydrogens is 249 g/mol. The van der Waals surface area contributed by atoms with E-state index in [0.29, 0.717) is 36.0 Å². The Morgan fingerprint density at radius 3 is 3.00 bits per heavy atom. The number of hydrogen-bond donors (Lipinski definition) is 1. The van der Waals surface area contributed by atoms with Crippen LogP contribution in [0.25, 0.3) is 11.0 Å². The summed E-state index contributed by atoms with van der Waals surface area (Å²) in [5.41, 5.74) is 1.14. The Bertz CT molecular complexity index is 649. The zero-order chi connectivity index (χ0) is 13.6. The lowest BCUT2D eigenvalue weighted by Crippen LogP contribution is -2.29. The molecule has 1 unspecified atom stereocenters. The van der Waals surface area contributed by atoms with E-state index in [4.69, 9.17) is 4.42 Å². The van der Waals surface area contributed by atoms with Crippen LogP contribution in [0.3, 0.4) is 0 Å². The molecule has 5 heteroatoms. The fourth-order valence-electron chi connectivity index (χ4n) is 2.47. The summed E-state index contributed by atoms with van der Waals surface area (Å²) in [5, 5.41) is 10.1. The highest BCUT2D eigenvalue weighted by atomic mass is 19.1. The van der Waals surface area contributed by atoms with Gasteiger partial charge >= 0.3 is 0 Å². The lowest BCUT2D eigenvalue weighted by molar-refractivity contribution is 0.0735. The van der Waals surface area contributed by atoms with Gasteiger partial charge in [0.2, 0.25) is 0 Å². The molecule has 1 aliphatic heterocycles. The summed E-state index contributed by atoms with van der Waals surface area (Å²) in [5.74, 6) is -0.368. The number of aliphatic hydroxyl groups excluding tert-OH is 1. The van der Waals surface area contributed by atoms with Gasteiger partial charge in [-0.15, -0.1) is 0 Å². The van der Waals surface area contributed by atoms with Gasteiger partial charge in [0.25, 0.3) is 5.91 Å². The van der Waals surface area contributed by atoms with Gasteiger partial charge in [0.15, 0.2) is 5.76 Å². The second-order valence-corrected chi connectivity index (χ2v) is 4.89. The molecule has 0 spiro atoms. The van der Waals surface area contributed by atoms with Gasteiger partial charge in [-0.05, 0) is 31.5 Å². The molecule has 1 atom stereocenters. The highest BCUT2D eigenvalue weighted by molar-refractivity contribution is 5.99. The number of amides is 1. The first-order valence-corrected chi connectivity index (χ1v) is 6.22. The predicted octanol–water partition coefficient (Wildman–Crippen LogP) is 2.09. The minimum absolute atomic E-state index is 0.231. The third-order valence-electron chi connectivity index (χ3n) is 3.54. The van der Waals surface area contributed by atoms with Crippen LogP contribution >= 0.6 is 0 Å². The molecule has 2 heterocycles. The number of halogens is 1. The first kappa shape index (κ1) is 12.2. The number of carbonyl (C=O) groups excluding carboxylic acids is 1. The average molecular weight is 263 g/mol. The number of fused-ring (bicyclic) bond motifs is 1. The van der Waals surface area contributed by atoms with E-state index in [1.54, 1.807) is 11.8 Å². The molecule has 1 aliphatic rings. The number of hydrogen-bond acceptors (Lipinski definition) is 3. The number of likely N-dealkylation sites (tertiary alicyclic amines) is 1. The summed E-state index contributed by atoms with van der Waals surface area (Å²) >= 11 is 0. The van der Waals surface area contributed by atoms with Crippen molar-refractivity contribution in [3.05, 3.63) is 35.3 Å². The molecule has 100 valence electrons. The summed E-state index contributed by atoms with van der Waals surface area (Å²) in [4.78, 5) is 13.9. The fourth-order valence-corrected chi connectivity index (χ4v) is 2.47. The zero-order valence-corrected chi connectivity index (χ0v) is 10.5. The molecule has 3 rings (SSSR count). The van der Waals surface area contributed by atoms with Crippen molar-refractivity contribution >= 4 is 16.9 Å². The quantitative estimate of drug-likeness (QED) is 0.857. The van der Waals surface area contributed by atoms with E-state index in [1.165, 1.54) is 18.2 Å². The lowest BCUT2D eigenvalue weighted by atomic mass is 10.1. The number of aryl methyl sites for hydroxylation is 1. The Labute approximate surface area is 109 Å². The van der Waals surface area contributed by atoms with Crippen LogP contribution in [0.4, 0.5) is 4.39 Å². The predicted molar refractivity (Wildman–Crippen MR) is 67.4 cm³/mol. The van der Waals surface area contributed by atoms with E-state index < -0.39 is 6.10 Å². The van der Waals surface area contributed by atoms with Crippen molar-refractivity contribution in [1.82, 2.24) is 4.90 Å². The molecule has 0 saturated carbocycles. The molecule has 1 saturated heterocycles. The van der Waals surface area contributed by atoms with E-state index >= 15 is 0 Å².